The topological polar surface area (TPSA) is 17.1 Å². The van der Waals surface area contributed by atoms with Crippen LogP contribution in [0.15, 0.2) is 54.1 Å². The highest BCUT2D eigenvalue weighted by Crippen LogP contribution is 2.19. The Hall–Kier alpha value is -1.63. The van der Waals surface area contributed by atoms with Gasteiger partial charge in [0.2, 0.25) is 0 Å². The highest BCUT2D eigenvalue weighted by molar-refractivity contribution is 5.74. The zero-order chi connectivity index (χ0) is 12.7. The second kappa shape index (κ2) is 6.85. The van der Waals surface area contributed by atoms with Gasteiger partial charge in [0, 0.05) is 0 Å². The molecule has 0 bridgehead atoms. The van der Waals surface area contributed by atoms with Crippen molar-refractivity contribution in [3.8, 4) is 0 Å². The van der Waals surface area contributed by atoms with Crippen molar-refractivity contribution in [1.29, 1.82) is 0 Å². The molecule has 0 heterocycles. The molecule has 1 unspecified atom stereocenters. The van der Waals surface area contributed by atoms with Crippen molar-refractivity contribution in [2.45, 2.75) is 26.7 Å². The molecule has 1 aromatic rings. The summed E-state index contributed by atoms with van der Waals surface area (Å²) in [4.78, 5) is 11.0. The van der Waals surface area contributed by atoms with Crippen LogP contribution in [0.2, 0.25) is 0 Å². The van der Waals surface area contributed by atoms with E-state index in [2.05, 4.69) is 18.7 Å². The van der Waals surface area contributed by atoms with E-state index in [4.69, 9.17) is 0 Å². The fraction of sp³-hybridized carbons (Fsp3) is 0.312. The van der Waals surface area contributed by atoms with Crippen molar-refractivity contribution in [1.82, 2.24) is 0 Å². The van der Waals surface area contributed by atoms with Crippen LogP contribution in [0.5, 0.6) is 0 Å². The number of hydrogen-bond acceptors (Lipinski definition) is 1. The monoisotopic (exact) mass is 228 g/mol. The van der Waals surface area contributed by atoms with Crippen molar-refractivity contribution >= 4 is 6.29 Å². The molecule has 90 valence electrons. The van der Waals surface area contributed by atoms with Crippen molar-refractivity contribution in [3.63, 3.8) is 0 Å². The normalized spacial score (nSPS) is 11.6. The van der Waals surface area contributed by atoms with E-state index in [1.807, 2.05) is 38.1 Å². The maximum absolute atomic E-state index is 11.0. The van der Waals surface area contributed by atoms with Crippen LogP contribution in [0.4, 0.5) is 0 Å². The Labute approximate surface area is 104 Å². The minimum atomic E-state index is 0.326. The van der Waals surface area contributed by atoms with Gasteiger partial charge in [-0.1, -0.05) is 42.0 Å². The lowest BCUT2D eigenvalue weighted by molar-refractivity contribution is -0.105. The maximum Gasteiger partial charge on any atom is 0.145 e. The second-order valence-corrected chi connectivity index (χ2v) is 4.53. The van der Waals surface area contributed by atoms with Crippen LogP contribution in [-0.2, 0) is 11.2 Å². The van der Waals surface area contributed by atoms with Gasteiger partial charge in [0.15, 0.2) is 0 Å². The zero-order valence-electron chi connectivity index (χ0n) is 10.6. The Morgan fingerprint density at radius 1 is 1.29 bits per heavy atom. The average Bonchev–Trinajstić information content (AvgIpc) is 2.35. The van der Waals surface area contributed by atoms with E-state index in [0.29, 0.717) is 5.92 Å². The number of hydrogen-bond donors (Lipinski definition) is 0. The Morgan fingerprint density at radius 2 is 1.94 bits per heavy atom. The Balaban J connectivity index is 2.70. The highest BCUT2D eigenvalue weighted by atomic mass is 16.1. The van der Waals surface area contributed by atoms with Crippen LogP contribution < -0.4 is 0 Å². The van der Waals surface area contributed by atoms with Crippen LogP contribution >= 0.6 is 0 Å². The first-order valence-corrected chi connectivity index (χ1v) is 5.95. The van der Waals surface area contributed by atoms with Gasteiger partial charge in [-0.25, -0.2) is 0 Å². The number of carbonyl (C=O) groups is 1. The third-order valence-electron chi connectivity index (χ3n) is 2.94. The molecular formula is C16H20O. The Bertz CT molecular complexity index is 397. The first kappa shape index (κ1) is 13.4. The van der Waals surface area contributed by atoms with Crippen molar-refractivity contribution in [3.05, 3.63) is 59.7 Å². The van der Waals surface area contributed by atoms with Crippen LogP contribution in [0.3, 0.4) is 0 Å². The SMILES string of the molecule is C=CC(CC(C=O)=C(C)C)Cc1ccccc1. The van der Waals surface area contributed by atoms with Gasteiger partial charge in [-0.05, 0) is 43.7 Å². The molecule has 0 N–H and O–H groups in total. The molecule has 0 aliphatic carbocycles. The average molecular weight is 228 g/mol. The predicted octanol–water partition coefficient (Wildman–Crippen LogP) is 3.96. The number of benzene rings is 1. The van der Waals surface area contributed by atoms with Gasteiger partial charge in [-0.2, -0.15) is 0 Å². The van der Waals surface area contributed by atoms with Gasteiger partial charge in [-0.15, -0.1) is 6.58 Å². The number of aldehydes is 1. The lowest BCUT2D eigenvalue weighted by Gasteiger charge is -2.13. The molecule has 0 saturated carbocycles. The largest absolute Gasteiger partial charge is 0.298 e. The highest BCUT2D eigenvalue weighted by Gasteiger charge is 2.09. The van der Waals surface area contributed by atoms with Gasteiger partial charge < -0.3 is 0 Å². The molecule has 0 spiro atoms. The van der Waals surface area contributed by atoms with E-state index in [0.717, 1.165) is 30.3 Å². The molecule has 17 heavy (non-hydrogen) atoms. The summed E-state index contributed by atoms with van der Waals surface area (Å²) in [5, 5.41) is 0. The molecule has 1 rings (SSSR count). The lowest BCUT2D eigenvalue weighted by Crippen LogP contribution is -2.04. The molecule has 0 aromatic heterocycles. The molecular weight excluding hydrogens is 208 g/mol. The fourth-order valence-electron chi connectivity index (χ4n) is 1.81. The smallest absolute Gasteiger partial charge is 0.145 e. The molecule has 0 aliphatic heterocycles. The molecule has 0 fully saturated rings. The quantitative estimate of drug-likeness (QED) is 0.409. The minimum Gasteiger partial charge on any atom is -0.298 e. The zero-order valence-corrected chi connectivity index (χ0v) is 10.6. The van der Waals surface area contributed by atoms with Crippen molar-refractivity contribution < 1.29 is 4.79 Å². The molecule has 0 saturated heterocycles. The van der Waals surface area contributed by atoms with E-state index >= 15 is 0 Å². The number of allylic oxidation sites excluding steroid dienone is 3. The van der Waals surface area contributed by atoms with Crippen LogP contribution in [0.25, 0.3) is 0 Å². The van der Waals surface area contributed by atoms with Crippen molar-refractivity contribution in [2.24, 2.45) is 5.92 Å². The summed E-state index contributed by atoms with van der Waals surface area (Å²) in [6.45, 7) is 7.82. The third-order valence-corrected chi connectivity index (χ3v) is 2.94. The summed E-state index contributed by atoms with van der Waals surface area (Å²) in [5.41, 5.74) is 3.28. The second-order valence-electron chi connectivity index (χ2n) is 4.53. The van der Waals surface area contributed by atoms with Gasteiger partial charge in [-0.3, -0.25) is 4.79 Å². The van der Waals surface area contributed by atoms with E-state index in [1.165, 1.54) is 5.56 Å². The van der Waals surface area contributed by atoms with Gasteiger partial charge in [0.1, 0.15) is 6.29 Å². The van der Waals surface area contributed by atoms with E-state index in [9.17, 15) is 4.79 Å². The van der Waals surface area contributed by atoms with E-state index in [-0.39, 0.29) is 0 Å². The van der Waals surface area contributed by atoms with Crippen LogP contribution in [0, 0.1) is 5.92 Å². The molecule has 0 radical (unpaired) electrons. The summed E-state index contributed by atoms with van der Waals surface area (Å²) in [6, 6.07) is 10.3. The van der Waals surface area contributed by atoms with Crippen molar-refractivity contribution in [2.75, 3.05) is 0 Å². The minimum absolute atomic E-state index is 0.326. The first-order chi connectivity index (χ1) is 8.17. The fourth-order valence-corrected chi connectivity index (χ4v) is 1.81. The van der Waals surface area contributed by atoms with Gasteiger partial charge in [0.05, 0.1) is 0 Å². The number of carbonyl (C=O) groups excluding carboxylic acids is 1. The lowest BCUT2D eigenvalue weighted by atomic mass is 9.91. The number of rotatable bonds is 6. The third kappa shape index (κ3) is 4.39. The Morgan fingerprint density at radius 3 is 2.41 bits per heavy atom. The standard InChI is InChI=1S/C16H20O/c1-4-14(11-16(12-17)13(2)3)10-15-8-6-5-7-9-15/h4-9,12,14H,1,10-11H2,2-3H3. The molecule has 1 atom stereocenters. The van der Waals surface area contributed by atoms with E-state index < -0.39 is 0 Å². The van der Waals surface area contributed by atoms with Crippen LogP contribution in [-0.4, -0.2) is 6.29 Å². The summed E-state index contributed by atoms with van der Waals surface area (Å²) in [6.07, 6.45) is 4.63. The molecule has 0 aliphatic rings. The summed E-state index contributed by atoms with van der Waals surface area (Å²) in [5.74, 6) is 0.326. The molecule has 1 aromatic carbocycles. The summed E-state index contributed by atoms with van der Waals surface area (Å²) in [7, 11) is 0. The molecule has 1 nitrogen and oxygen atoms in total. The summed E-state index contributed by atoms with van der Waals surface area (Å²) >= 11 is 0. The maximum atomic E-state index is 11.0. The van der Waals surface area contributed by atoms with E-state index in [1.54, 1.807) is 0 Å². The first-order valence-electron chi connectivity index (χ1n) is 5.95. The summed E-state index contributed by atoms with van der Waals surface area (Å²) < 4.78 is 0. The predicted molar refractivity (Wildman–Crippen MR) is 72.9 cm³/mol. The Kier molecular flexibility index (Phi) is 5.41. The molecule has 1 heteroatoms. The van der Waals surface area contributed by atoms with Gasteiger partial charge in [0.25, 0.3) is 0 Å². The molecule has 0 amide bonds. The van der Waals surface area contributed by atoms with Crippen LogP contribution in [0.1, 0.15) is 25.8 Å². The van der Waals surface area contributed by atoms with Gasteiger partial charge >= 0.3 is 0 Å².